The van der Waals surface area contributed by atoms with Crippen LogP contribution in [0, 0.1) is 0 Å². The van der Waals surface area contributed by atoms with E-state index in [1.165, 1.54) is 0 Å². The van der Waals surface area contributed by atoms with Crippen LogP contribution in [0.15, 0.2) is 33.6 Å². The standard InChI is InChI=1S/C12H16BrNO2S/c1-9(12(15)14-7-8-16-2)17-11-5-3-10(13)4-6-11/h3-6,9H,7-8H2,1-2H3,(H,14,15)/t9-/m1/s1. The monoisotopic (exact) mass is 317 g/mol. The van der Waals surface area contributed by atoms with E-state index in [1.807, 2.05) is 31.2 Å². The molecule has 0 radical (unpaired) electrons. The molecule has 0 heterocycles. The van der Waals surface area contributed by atoms with Gasteiger partial charge in [0.1, 0.15) is 0 Å². The lowest BCUT2D eigenvalue weighted by Gasteiger charge is -2.11. The Bertz CT molecular complexity index is 356. The van der Waals surface area contributed by atoms with E-state index in [0.29, 0.717) is 13.2 Å². The summed E-state index contributed by atoms with van der Waals surface area (Å²) >= 11 is 4.93. The van der Waals surface area contributed by atoms with Crippen LogP contribution in [0.4, 0.5) is 0 Å². The minimum atomic E-state index is -0.104. The lowest BCUT2D eigenvalue weighted by Crippen LogP contribution is -2.33. The number of rotatable bonds is 6. The molecule has 1 atom stereocenters. The summed E-state index contributed by atoms with van der Waals surface area (Å²) in [6.45, 7) is 3.00. The predicted molar refractivity (Wildman–Crippen MR) is 74.3 cm³/mol. The molecule has 3 nitrogen and oxygen atoms in total. The van der Waals surface area contributed by atoms with Crippen molar-refractivity contribution in [1.82, 2.24) is 5.32 Å². The van der Waals surface area contributed by atoms with Crippen molar-refractivity contribution in [2.45, 2.75) is 17.1 Å². The van der Waals surface area contributed by atoms with Gasteiger partial charge in [0.15, 0.2) is 0 Å². The molecule has 5 heteroatoms. The van der Waals surface area contributed by atoms with Gasteiger partial charge in [-0.25, -0.2) is 0 Å². The van der Waals surface area contributed by atoms with Crippen molar-refractivity contribution in [3.8, 4) is 0 Å². The van der Waals surface area contributed by atoms with Crippen molar-refractivity contribution in [2.75, 3.05) is 20.3 Å². The van der Waals surface area contributed by atoms with Crippen LogP contribution < -0.4 is 5.32 Å². The van der Waals surface area contributed by atoms with E-state index in [0.717, 1.165) is 9.37 Å². The quantitative estimate of drug-likeness (QED) is 0.647. The Balaban J connectivity index is 2.40. The van der Waals surface area contributed by atoms with Gasteiger partial charge in [0.2, 0.25) is 5.91 Å². The maximum absolute atomic E-state index is 11.7. The van der Waals surface area contributed by atoms with E-state index in [9.17, 15) is 4.79 Å². The highest BCUT2D eigenvalue weighted by atomic mass is 79.9. The second-order valence-corrected chi connectivity index (χ2v) is 5.83. The van der Waals surface area contributed by atoms with Gasteiger partial charge < -0.3 is 10.1 Å². The molecule has 1 rings (SSSR count). The average molecular weight is 318 g/mol. The molecule has 94 valence electrons. The molecular formula is C12H16BrNO2S. The molecule has 0 aliphatic carbocycles. The lowest BCUT2D eigenvalue weighted by molar-refractivity contribution is -0.120. The number of halogens is 1. The Morgan fingerprint density at radius 3 is 2.71 bits per heavy atom. The van der Waals surface area contributed by atoms with Gasteiger partial charge in [0.05, 0.1) is 11.9 Å². The van der Waals surface area contributed by atoms with Crippen LogP contribution in [0.1, 0.15) is 6.92 Å². The Morgan fingerprint density at radius 1 is 1.47 bits per heavy atom. The van der Waals surface area contributed by atoms with Gasteiger partial charge in [-0.1, -0.05) is 15.9 Å². The summed E-state index contributed by atoms with van der Waals surface area (Å²) in [6.07, 6.45) is 0. The van der Waals surface area contributed by atoms with E-state index >= 15 is 0 Å². The van der Waals surface area contributed by atoms with Crippen LogP contribution in [0.5, 0.6) is 0 Å². The third-order valence-electron chi connectivity index (χ3n) is 2.10. The fraction of sp³-hybridized carbons (Fsp3) is 0.417. The molecule has 0 aromatic heterocycles. The Hall–Kier alpha value is -0.520. The Kier molecular flexibility index (Phi) is 6.62. The lowest BCUT2D eigenvalue weighted by atomic mass is 10.4. The molecule has 17 heavy (non-hydrogen) atoms. The first kappa shape index (κ1) is 14.5. The van der Waals surface area contributed by atoms with Crippen LogP contribution in [-0.4, -0.2) is 31.4 Å². The molecule has 0 fully saturated rings. The van der Waals surface area contributed by atoms with Crippen molar-refractivity contribution < 1.29 is 9.53 Å². The highest BCUT2D eigenvalue weighted by Crippen LogP contribution is 2.24. The zero-order valence-corrected chi connectivity index (χ0v) is 12.3. The largest absolute Gasteiger partial charge is 0.383 e. The minimum absolute atomic E-state index is 0.0370. The summed E-state index contributed by atoms with van der Waals surface area (Å²) in [4.78, 5) is 12.8. The fourth-order valence-corrected chi connectivity index (χ4v) is 2.35. The molecule has 1 amide bonds. The van der Waals surface area contributed by atoms with Gasteiger partial charge in [-0.15, -0.1) is 11.8 Å². The number of thioether (sulfide) groups is 1. The predicted octanol–water partition coefficient (Wildman–Crippen LogP) is 2.69. The smallest absolute Gasteiger partial charge is 0.233 e. The van der Waals surface area contributed by atoms with E-state index in [-0.39, 0.29) is 11.2 Å². The summed E-state index contributed by atoms with van der Waals surface area (Å²) < 4.78 is 5.92. The van der Waals surface area contributed by atoms with Crippen LogP contribution in [0.2, 0.25) is 0 Å². The second-order valence-electron chi connectivity index (χ2n) is 3.50. The average Bonchev–Trinajstić information content (AvgIpc) is 2.32. The highest BCUT2D eigenvalue weighted by Gasteiger charge is 2.13. The van der Waals surface area contributed by atoms with Crippen molar-refractivity contribution in [3.05, 3.63) is 28.7 Å². The molecule has 0 spiro atoms. The molecule has 1 aromatic rings. The first-order chi connectivity index (χ1) is 8.13. The van der Waals surface area contributed by atoms with Crippen molar-refractivity contribution >= 4 is 33.6 Å². The van der Waals surface area contributed by atoms with Crippen molar-refractivity contribution in [1.29, 1.82) is 0 Å². The SMILES string of the molecule is COCCNC(=O)[C@@H](C)Sc1ccc(Br)cc1. The molecule has 0 aliphatic heterocycles. The van der Waals surface area contributed by atoms with Crippen LogP contribution in [0.25, 0.3) is 0 Å². The highest BCUT2D eigenvalue weighted by molar-refractivity contribution is 9.10. The summed E-state index contributed by atoms with van der Waals surface area (Å²) in [5, 5.41) is 2.72. The zero-order chi connectivity index (χ0) is 12.7. The number of benzene rings is 1. The summed E-state index contributed by atoms with van der Waals surface area (Å²) in [7, 11) is 1.62. The van der Waals surface area contributed by atoms with Gasteiger partial charge in [-0.3, -0.25) is 4.79 Å². The zero-order valence-electron chi connectivity index (χ0n) is 9.90. The summed E-state index contributed by atoms with van der Waals surface area (Å²) in [6, 6.07) is 7.93. The van der Waals surface area contributed by atoms with Crippen LogP contribution in [0.3, 0.4) is 0 Å². The first-order valence-electron chi connectivity index (χ1n) is 5.32. The van der Waals surface area contributed by atoms with Gasteiger partial charge in [-0.05, 0) is 31.2 Å². The molecule has 0 bridgehead atoms. The summed E-state index contributed by atoms with van der Waals surface area (Å²) in [5.41, 5.74) is 0. The molecule has 0 aliphatic rings. The van der Waals surface area contributed by atoms with Gasteiger partial charge in [-0.2, -0.15) is 0 Å². The minimum Gasteiger partial charge on any atom is -0.383 e. The van der Waals surface area contributed by atoms with Gasteiger partial charge >= 0.3 is 0 Å². The molecule has 1 N–H and O–H groups in total. The van der Waals surface area contributed by atoms with E-state index in [2.05, 4.69) is 21.2 Å². The normalized spacial score (nSPS) is 12.2. The van der Waals surface area contributed by atoms with E-state index in [4.69, 9.17) is 4.74 Å². The van der Waals surface area contributed by atoms with Crippen LogP contribution >= 0.6 is 27.7 Å². The maximum atomic E-state index is 11.7. The first-order valence-corrected chi connectivity index (χ1v) is 6.99. The third-order valence-corrected chi connectivity index (χ3v) is 3.74. The Morgan fingerprint density at radius 2 is 2.12 bits per heavy atom. The molecule has 1 aromatic carbocycles. The second kappa shape index (κ2) is 7.74. The molecule has 0 unspecified atom stereocenters. The third kappa shape index (κ3) is 5.57. The maximum Gasteiger partial charge on any atom is 0.233 e. The topological polar surface area (TPSA) is 38.3 Å². The van der Waals surface area contributed by atoms with Gasteiger partial charge in [0, 0.05) is 23.0 Å². The van der Waals surface area contributed by atoms with E-state index in [1.54, 1.807) is 18.9 Å². The number of hydrogen-bond donors (Lipinski definition) is 1. The molecule has 0 saturated carbocycles. The Labute approximate surface area is 114 Å². The van der Waals surface area contributed by atoms with E-state index < -0.39 is 0 Å². The number of ether oxygens (including phenoxy) is 1. The van der Waals surface area contributed by atoms with Crippen molar-refractivity contribution in [2.24, 2.45) is 0 Å². The van der Waals surface area contributed by atoms with Gasteiger partial charge in [0.25, 0.3) is 0 Å². The number of hydrogen-bond acceptors (Lipinski definition) is 3. The number of nitrogens with one attached hydrogen (secondary N) is 1. The number of methoxy groups -OCH3 is 1. The van der Waals surface area contributed by atoms with Crippen molar-refractivity contribution in [3.63, 3.8) is 0 Å². The number of carbonyl (C=O) groups excluding carboxylic acids is 1. The molecular weight excluding hydrogens is 302 g/mol. The number of carbonyl (C=O) groups is 1. The molecule has 0 saturated heterocycles. The summed E-state index contributed by atoms with van der Waals surface area (Å²) in [5.74, 6) is 0.0370. The number of amides is 1. The van der Waals surface area contributed by atoms with Crippen LogP contribution in [-0.2, 0) is 9.53 Å². The fourth-order valence-electron chi connectivity index (χ4n) is 1.19.